The standard InChI is InChI=1S/C11H11F4NO4S2/c12-9-4-3-8(22(19,20)16-5-1-2-6-16)7-10(9)21(17,18)11(13,14)15/h3-4,7H,1-2,5-6H2. The van der Waals surface area contributed by atoms with Crippen LogP contribution in [-0.4, -0.2) is 39.7 Å². The molecule has 2 rings (SSSR count). The summed E-state index contributed by atoms with van der Waals surface area (Å²) in [5.41, 5.74) is -5.72. The van der Waals surface area contributed by atoms with Crippen LogP contribution in [0.5, 0.6) is 0 Å². The van der Waals surface area contributed by atoms with E-state index < -0.39 is 41.0 Å². The predicted octanol–water partition coefficient (Wildman–Crippen LogP) is 1.90. The average molecular weight is 361 g/mol. The molecule has 0 atom stereocenters. The van der Waals surface area contributed by atoms with Gasteiger partial charge >= 0.3 is 5.51 Å². The molecular formula is C11H11F4NO4S2. The first-order valence-corrected chi connectivity index (χ1v) is 9.01. The lowest BCUT2D eigenvalue weighted by Gasteiger charge is -2.16. The number of halogens is 4. The summed E-state index contributed by atoms with van der Waals surface area (Å²) >= 11 is 0. The maximum Gasteiger partial charge on any atom is 0.502 e. The molecule has 0 bridgehead atoms. The van der Waals surface area contributed by atoms with Gasteiger partial charge in [-0.25, -0.2) is 21.2 Å². The van der Waals surface area contributed by atoms with Crippen LogP contribution in [0, 0.1) is 5.82 Å². The third-order valence-electron chi connectivity index (χ3n) is 3.20. The highest BCUT2D eigenvalue weighted by Crippen LogP contribution is 2.33. The maximum absolute atomic E-state index is 13.5. The molecule has 1 aromatic carbocycles. The molecule has 11 heteroatoms. The zero-order valence-electron chi connectivity index (χ0n) is 11.0. The van der Waals surface area contributed by atoms with E-state index in [-0.39, 0.29) is 19.2 Å². The highest BCUT2D eigenvalue weighted by atomic mass is 32.2. The number of nitrogens with zero attached hydrogens (tertiary/aromatic N) is 1. The van der Waals surface area contributed by atoms with Gasteiger partial charge in [0.25, 0.3) is 9.84 Å². The molecule has 0 amide bonds. The van der Waals surface area contributed by atoms with E-state index in [1.807, 2.05) is 0 Å². The Hall–Kier alpha value is -1.20. The summed E-state index contributed by atoms with van der Waals surface area (Å²) in [6.07, 6.45) is 1.18. The van der Waals surface area contributed by atoms with Gasteiger partial charge in [0.05, 0.1) is 4.90 Å². The molecule has 0 aliphatic carbocycles. The summed E-state index contributed by atoms with van der Waals surface area (Å²) in [6.45, 7) is 0.363. The van der Waals surface area contributed by atoms with Gasteiger partial charge in [0.2, 0.25) is 10.0 Å². The number of sulfonamides is 1. The van der Waals surface area contributed by atoms with E-state index in [2.05, 4.69) is 0 Å². The largest absolute Gasteiger partial charge is 0.502 e. The fourth-order valence-electron chi connectivity index (χ4n) is 2.05. The fourth-order valence-corrected chi connectivity index (χ4v) is 4.53. The van der Waals surface area contributed by atoms with Crippen molar-refractivity contribution in [2.24, 2.45) is 0 Å². The van der Waals surface area contributed by atoms with Crippen LogP contribution >= 0.6 is 0 Å². The molecule has 0 spiro atoms. The maximum atomic E-state index is 13.5. The van der Waals surface area contributed by atoms with E-state index in [1.54, 1.807) is 0 Å². The normalized spacial score (nSPS) is 17.8. The van der Waals surface area contributed by atoms with Crippen molar-refractivity contribution in [2.45, 2.75) is 28.1 Å². The van der Waals surface area contributed by atoms with Gasteiger partial charge in [-0.2, -0.15) is 17.5 Å². The number of rotatable bonds is 3. The summed E-state index contributed by atoms with van der Waals surface area (Å²) in [4.78, 5) is -2.38. The van der Waals surface area contributed by atoms with Crippen molar-refractivity contribution in [2.75, 3.05) is 13.1 Å². The lowest BCUT2D eigenvalue weighted by atomic mass is 10.3. The Labute approximate surface area is 124 Å². The highest BCUT2D eigenvalue weighted by Gasteiger charge is 2.48. The van der Waals surface area contributed by atoms with Gasteiger partial charge in [-0.1, -0.05) is 0 Å². The molecule has 1 saturated heterocycles. The van der Waals surface area contributed by atoms with E-state index in [4.69, 9.17) is 0 Å². The van der Waals surface area contributed by atoms with Gasteiger partial charge in [0, 0.05) is 13.1 Å². The summed E-state index contributed by atoms with van der Waals surface area (Å²) < 4.78 is 99.0. The Morgan fingerprint density at radius 1 is 1.00 bits per heavy atom. The molecule has 1 heterocycles. The molecule has 124 valence electrons. The molecule has 0 saturated carbocycles. The van der Waals surface area contributed by atoms with Crippen molar-refractivity contribution in [3.05, 3.63) is 24.0 Å². The summed E-state index contributed by atoms with van der Waals surface area (Å²) in [7, 11) is -10.1. The van der Waals surface area contributed by atoms with Gasteiger partial charge in [-0.3, -0.25) is 0 Å². The van der Waals surface area contributed by atoms with E-state index in [9.17, 15) is 34.4 Å². The van der Waals surface area contributed by atoms with E-state index >= 15 is 0 Å². The topological polar surface area (TPSA) is 71.5 Å². The van der Waals surface area contributed by atoms with Gasteiger partial charge < -0.3 is 0 Å². The molecule has 22 heavy (non-hydrogen) atoms. The number of alkyl halides is 3. The quantitative estimate of drug-likeness (QED) is 0.771. The fraction of sp³-hybridized carbons (Fsp3) is 0.455. The monoisotopic (exact) mass is 361 g/mol. The van der Waals surface area contributed by atoms with E-state index in [1.165, 1.54) is 0 Å². The van der Waals surface area contributed by atoms with Gasteiger partial charge in [-0.05, 0) is 31.0 Å². The minimum absolute atomic E-state index is 0.182. The SMILES string of the molecule is O=S(=O)(c1ccc(F)c(S(=O)(=O)C(F)(F)F)c1)N1CCCC1. The molecule has 5 nitrogen and oxygen atoms in total. The minimum atomic E-state index is -5.97. The van der Waals surface area contributed by atoms with E-state index in [0.717, 1.165) is 10.4 Å². The molecule has 0 radical (unpaired) electrons. The predicted molar refractivity (Wildman–Crippen MR) is 67.6 cm³/mol. The Kier molecular flexibility index (Phi) is 4.26. The molecule has 0 aromatic heterocycles. The second-order valence-electron chi connectivity index (χ2n) is 4.65. The van der Waals surface area contributed by atoms with Crippen LogP contribution in [0.3, 0.4) is 0 Å². The third kappa shape index (κ3) is 2.84. The van der Waals surface area contributed by atoms with Gasteiger partial charge in [-0.15, -0.1) is 0 Å². The van der Waals surface area contributed by atoms with Gasteiger partial charge in [0.1, 0.15) is 10.7 Å². The number of hydrogen-bond donors (Lipinski definition) is 0. The molecule has 1 fully saturated rings. The number of benzene rings is 1. The first-order valence-electron chi connectivity index (χ1n) is 6.09. The smallest absolute Gasteiger partial charge is 0.214 e. The number of sulfone groups is 1. The Balaban J connectivity index is 2.57. The molecule has 0 unspecified atom stereocenters. The van der Waals surface area contributed by atoms with Crippen molar-refractivity contribution in [1.29, 1.82) is 0 Å². The van der Waals surface area contributed by atoms with Crippen LogP contribution in [-0.2, 0) is 19.9 Å². The second-order valence-corrected chi connectivity index (χ2v) is 8.50. The van der Waals surface area contributed by atoms with Gasteiger partial charge in [0.15, 0.2) is 0 Å². The lowest BCUT2D eigenvalue weighted by Crippen LogP contribution is -2.29. The molecule has 1 aliphatic heterocycles. The molecule has 1 aromatic rings. The molecular weight excluding hydrogens is 350 g/mol. The van der Waals surface area contributed by atoms with Crippen molar-refractivity contribution < 1.29 is 34.4 Å². The summed E-state index contributed by atoms with van der Waals surface area (Å²) in [5, 5.41) is 0. The zero-order valence-corrected chi connectivity index (χ0v) is 12.6. The highest BCUT2D eigenvalue weighted by molar-refractivity contribution is 7.92. The number of hydrogen-bond acceptors (Lipinski definition) is 4. The van der Waals surface area contributed by atoms with Crippen LogP contribution < -0.4 is 0 Å². The van der Waals surface area contributed by atoms with Crippen molar-refractivity contribution in [3.8, 4) is 0 Å². The van der Waals surface area contributed by atoms with Crippen molar-refractivity contribution >= 4 is 19.9 Å². The van der Waals surface area contributed by atoms with Crippen LogP contribution in [0.15, 0.2) is 28.0 Å². The summed E-state index contributed by atoms with van der Waals surface area (Å²) in [5.74, 6) is -1.65. The second kappa shape index (κ2) is 5.46. The first-order chi connectivity index (χ1) is 9.98. The average Bonchev–Trinajstić information content (AvgIpc) is 2.91. The minimum Gasteiger partial charge on any atom is -0.214 e. The van der Waals surface area contributed by atoms with Crippen LogP contribution in [0.25, 0.3) is 0 Å². The molecule has 1 aliphatic rings. The van der Waals surface area contributed by atoms with Crippen LogP contribution in [0.1, 0.15) is 12.8 Å². The molecule has 0 N–H and O–H groups in total. The Morgan fingerprint density at radius 3 is 2.05 bits per heavy atom. The van der Waals surface area contributed by atoms with Crippen LogP contribution in [0.2, 0.25) is 0 Å². The lowest BCUT2D eigenvalue weighted by molar-refractivity contribution is -0.0437. The first kappa shape index (κ1) is 17.2. The third-order valence-corrected chi connectivity index (χ3v) is 6.60. The Bertz CT molecular complexity index is 781. The van der Waals surface area contributed by atoms with Crippen LogP contribution in [0.4, 0.5) is 17.6 Å². The van der Waals surface area contributed by atoms with E-state index in [0.29, 0.717) is 18.9 Å². The Morgan fingerprint density at radius 2 is 1.55 bits per heavy atom. The summed E-state index contributed by atoms with van der Waals surface area (Å²) in [6, 6.07) is 1.37. The van der Waals surface area contributed by atoms with Crippen molar-refractivity contribution in [3.63, 3.8) is 0 Å². The van der Waals surface area contributed by atoms with Crippen molar-refractivity contribution in [1.82, 2.24) is 4.31 Å². The zero-order chi connectivity index (χ0) is 16.8.